The Kier molecular flexibility index (Phi) is 4.79. The molecule has 2 aromatic rings. The van der Waals surface area contributed by atoms with Gasteiger partial charge in [0.15, 0.2) is 0 Å². The van der Waals surface area contributed by atoms with Crippen LogP contribution >= 0.6 is 0 Å². The Labute approximate surface area is 164 Å². The van der Waals surface area contributed by atoms with E-state index >= 15 is 0 Å². The molecule has 2 unspecified atom stereocenters. The van der Waals surface area contributed by atoms with Crippen molar-refractivity contribution >= 4 is 17.7 Å². The van der Waals surface area contributed by atoms with E-state index in [-0.39, 0.29) is 35.9 Å². The van der Waals surface area contributed by atoms with E-state index in [4.69, 9.17) is 4.42 Å². The molecule has 0 spiro atoms. The standard InChI is InChI=1S/C22H24N2O4/c1-14-6-3-4-8-19(14)23(2)20(25)15-9-10-17-18(12-15)22(27)24(21(17)26)13-16-7-5-11-28-16/h5,7,9-12,14,19H,3-4,6,8,13H2,1-2H3. The number of fused-ring (bicyclic) bond motifs is 1. The van der Waals surface area contributed by atoms with Crippen molar-refractivity contribution in [3.63, 3.8) is 0 Å². The molecule has 6 heteroatoms. The molecule has 4 rings (SSSR count). The van der Waals surface area contributed by atoms with Crippen LogP contribution in [-0.2, 0) is 6.54 Å². The van der Waals surface area contributed by atoms with Crippen LogP contribution in [0.25, 0.3) is 0 Å². The Morgan fingerprint density at radius 3 is 2.61 bits per heavy atom. The number of amides is 3. The maximum Gasteiger partial charge on any atom is 0.261 e. The van der Waals surface area contributed by atoms with Crippen LogP contribution in [0.1, 0.15) is 69.4 Å². The lowest BCUT2D eigenvalue weighted by atomic mass is 9.85. The van der Waals surface area contributed by atoms with Crippen LogP contribution in [0.3, 0.4) is 0 Å². The molecule has 6 nitrogen and oxygen atoms in total. The first-order valence-electron chi connectivity index (χ1n) is 9.77. The third kappa shape index (κ3) is 3.13. The first kappa shape index (κ1) is 18.5. The highest BCUT2D eigenvalue weighted by atomic mass is 16.3. The van der Waals surface area contributed by atoms with Gasteiger partial charge in [0.2, 0.25) is 0 Å². The van der Waals surface area contributed by atoms with Gasteiger partial charge in [-0.25, -0.2) is 0 Å². The molecule has 0 radical (unpaired) electrons. The Hall–Kier alpha value is -2.89. The highest BCUT2D eigenvalue weighted by Crippen LogP contribution is 2.30. The molecule has 2 heterocycles. The average molecular weight is 380 g/mol. The molecular weight excluding hydrogens is 356 g/mol. The molecule has 146 valence electrons. The van der Waals surface area contributed by atoms with Gasteiger partial charge in [0.25, 0.3) is 17.7 Å². The van der Waals surface area contributed by atoms with Gasteiger partial charge in [-0.3, -0.25) is 19.3 Å². The Morgan fingerprint density at radius 2 is 1.89 bits per heavy atom. The number of nitrogens with zero attached hydrogens (tertiary/aromatic N) is 2. The topological polar surface area (TPSA) is 70.8 Å². The van der Waals surface area contributed by atoms with E-state index in [0.717, 1.165) is 24.2 Å². The summed E-state index contributed by atoms with van der Waals surface area (Å²) in [5.74, 6) is 0.150. The van der Waals surface area contributed by atoms with Crippen LogP contribution in [0.4, 0.5) is 0 Å². The van der Waals surface area contributed by atoms with Crippen molar-refractivity contribution in [3.05, 3.63) is 59.0 Å². The second-order valence-corrected chi connectivity index (χ2v) is 7.78. The maximum absolute atomic E-state index is 13.0. The fraction of sp³-hybridized carbons (Fsp3) is 0.409. The van der Waals surface area contributed by atoms with Crippen molar-refractivity contribution in [1.82, 2.24) is 9.80 Å². The normalized spacial score (nSPS) is 21.7. The summed E-state index contributed by atoms with van der Waals surface area (Å²) in [5.41, 5.74) is 1.06. The summed E-state index contributed by atoms with van der Waals surface area (Å²) in [6, 6.07) is 8.44. The van der Waals surface area contributed by atoms with E-state index < -0.39 is 0 Å². The predicted molar refractivity (Wildman–Crippen MR) is 103 cm³/mol. The molecule has 1 saturated carbocycles. The predicted octanol–water partition coefficient (Wildman–Crippen LogP) is 3.73. The number of furan rings is 1. The summed E-state index contributed by atoms with van der Waals surface area (Å²) in [5, 5.41) is 0. The number of benzene rings is 1. The third-order valence-electron chi connectivity index (χ3n) is 6.00. The van der Waals surface area contributed by atoms with Gasteiger partial charge in [0, 0.05) is 18.7 Å². The molecule has 2 atom stereocenters. The van der Waals surface area contributed by atoms with Crippen molar-refractivity contribution in [2.24, 2.45) is 5.92 Å². The van der Waals surface area contributed by atoms with Crippen LogP contribution in [0.2, 0.25) is 0 Å². The maximum atomic E-state index is 13.0. The van der Waals surface area contributed by atoms with Gasteiger partial charge in [-0.05, 0) is 49.1 Å². The van der Waals surface area contributed by atoms with Gasteiger partial charge >= 0.3 is 0 Å². The largest absolute Gasteiger partial charge is 0.467 e. The van der Waals surface area contributed by atoms with Gasteiger partial charge in [-0.1, -0.05) is 19.8 Å². The van der Waals surface area contributed by atoms with Crippen LogP contribution < -0.4 is 0 Å². The number of carbonyl (C=O) groups excluding carboxylic acids is 3. The molecule has 0 N–H and O–H groups in total. The lowest BCUT2D eigenvalue weighted by Crippen LogP contribution is -2.42. The monoisotopic (exact) mass is 380 g/mol. The first-order chi connectivity index (χ1) is 13.5. The summed E-state index contributed by atoms with van der Waals surface area (Å²) < 4.78 is 5.25. The van der Waals surface area contributed by atoms with E-state index in [1.807, 2.05) is 7.05 Å². The van der Waals surface area contributed by atoms with Crippen LogP contribution in [0.15, 0.2) is 41.0 Å². The zero-order chi connectivity index (χ0) is 19.8. The van der Waals surface area contributed by atoms with Crippen molar-refractivity contribution in [3.8, 4) is 0 Å². The minimum atomic E-state index is -0.389. The molecule has 2 aliphatic rings. The Balaban J connectivity index is 1.56. The summed E-state index contributed by atoms with van der Waals surface area (Å²) in [6.07, 6.45) is 5.97. The third-order valence-corrected chi connectivity index (χ3v) is 6.00. The van der Waals surface area contributed by atoms with E-state index in [9.17, 15) is 14.4 Å². The van der Waals surface area contributed by atoms with E-state index in [2.05, 4.69) is 6.92 Å². The van der Waals surface area contributed by atoms with Crippen molar-refractivity contribution < 1.29 is 18.8 Å². The second-order valence-electron chi connectivity index (χ2n) is 7.78. The number of hydrogen-bond acceptors (Lipinski definition) is 4. The van der Waals surface area contributed by atoms with Crippen LogP contribution in [0, 0.1) is 5.92 Å². The fourth-order valence-corrected chi connectivity index (χ4v) is 4.35. The molecule has 1 fully saturated rings. The fourth-order valence-electron chi connectivity index (χ4n) is 4.35. The molecule has 1 aromatic heterocycles. The Bertz CT molecular complexity index is 919. The molecule has 0 saturated heterocycles. The van der Waals surface area contributed by atoms with Crippen molar-refractivity contribution in [2.45, 2.75) is 45.2 Å². The zero-order valence-corrected chi connectivity index (χ0v) is 16.2. The summed E-state index contributed by atoms with van der Waals surface area (Å²) in [7, 11) is 1.83. The van der Waals surface area contributed by atoms with Gasteiger partial charge < -0.3 is 9.32 Å². The van der Waals surface area contributed by atoms with Gasteiger partial charge in [0.1, 0.15) is 5.76 Å². The lowest BCUT2D eigenvalue weighted by Gasteiger charge is -2.36. The minimum Gasteiger partial charge on any atom is -0.467 e. The number of rotatable bonds is 4. The van der Waals surface area contributed by atoms with Crippen molar-refractivity contribution in [2.75, 3.05) is 7.05 Å². The van der Waals surface area contributed by atoms with E-state index in [1.165, 1.54) is 12.7 Å². The molecule has 0 bridgehead atoms. The van der Waals surface area contributed by atoms with Crippen LogP contribution in [-0.4, -0.2) is 40.6 Å². The minimum absolute atomic E-state index is 0.0854. The second kappa shape index (κ2) is 7.26. The molecule has 1 aromatic carbocycles. The quantitative estimate of drug-likeness (QED) is 0.758. The average Bonchev–Trinajstić information content (AvgIpc) is 3.30. The van der Waals surface area contributed by atoms with E-state index in [0.29, 0.717) is 22.8 Å². The lowest BCUT2D eigenvalue weighted by molar-refractivity contribution is 0.0624. The van der Waals surface area contributed by atoms with Gasteiger partial charge in [0.05, 0.1) is 23.9 Å². The number of imide groups is 1. The Morgan fingerprint density at radius 1 is 1.14 bits per heavy atom. The number of carbonyl (C=O) groups is 3. The summed E-state index contributed by atoms with van der Waals surface area (Å²) in [6.45, 7) is 2.27. The molecule has 1 aliphatic heterocycles. The van der Waals surface area contributed by atoms with Crippen molar-refractivity contribution in [1.29, 1.82) is 0 Å². The molecule has 1 aliphatic carbocycles. The van der Waals surface area contributed by atoms with Crippen LogP contribution in [0.5, 0.6) is 0 Å². The van der Waals surface area contributed by atoms with Gasteiger partial charge in [-0.2, -0.15) is 0 Å². The summed E-state index contributed by atoms with van der Waals surface area (Å²) in [4.78, 5) is 41.4. The summed E-state index contributed by atoms with van der Waals surface area (Å²) >= 11 is 0. The number of hydrogen-bond donors (Lipinski definition) is 0. The van der Waals surface area contributed by atoms with Gasteiger partial charge in [-0.15, -0.1) is 0 Å². The zero-order valence-electron chi connectivity index (χ0n) is 16.2. The molecular formula is C22H24N2O4. The highest BCUT2D eigenvalue weighted by molar-refractivity contribution is 6.22. The SMILES string of the molecule is CC1CCCCC1N(C)C(=O)c1ccc2c(c1)C(=O)N(Cc1ccco1)C2=O. The smallest absolute Gasteiger partial charge is 0.261 e. The molecule has 3 amide bonds. The molecule has 28 heavy (non-hydrogen) atoms. The highest BCUT2D eigenvalue weighted by Gasteiger charge is 2.37. The van der Waals surface area contributed by atoms with E-state index in [1.54, 1.807) is 35.2 Å². The first-order valence-corrected chi connectivity index (χ1v) is 9.77.